The van der Waals surface area contributed by atoms with Crippen molar-refractivity contribution < 1.29 is 9.34 Å². The van der Waals surface area contributed by atoms with Gasteiger partial charge in [0.05, 0.1) is 12.6 Å². The van der Waals surface area contributed by atoms with Crippen molar-refractivity contribution in [1.82, 2.24) is 0 Å². The third-order valence-corrected chi connectivity index (χ3v) is 2.86. The first kappa shape index (κ1) is 13.1. The highest BCUT2D eigenvalue weighted by atomic mass is 16.6. The Balaban J connectivity index is 2.08. The number of nitrogens with zero attached hydrogens (tertiary/aromatic N) is 1. The molecular weight excluding hydrogens is 244 g/mol. The van der Waals surface area contributed by atoms with Gasteiger partial charge in [-0.2, -0.15) is 0 Å². The second-order valence-electron chi connectivity index (χ2n) is 4.59. The number of furan rings is 1. The molecule has 0 unspecified atom stereocenters. The minimum Gasteiger partial charge on any atom is -0.404 e. The van der Waals surface area contributed by atoms with Gasteiger partial charge in [0.15, 0.2) is 0 Å². The zero-order valence-corrected chi connectivity index (χ0v) is 10.9. The van der Waals surface area contributed by atoms with E-state index in [-0.39, 0.29) is 5.88 Å². The van der Waals surface area contributed by atoms with E-state index in [9.17, 15) is 10.1 Å². The molecule has 0 saturated heterocycles. The number of anilines is 1. The molecule has 0 spiro atoms. The van der Waals surface area contributed by atoms with Crippen molar-refractivity contribution in [2.45, 2.75) is 26.3 Å². The summed E-state index contributed by atoms with van der Waals surface area (Å²) in [4.78, 5) is 9.99. The summed E-state index contributed by atoms with van der Waals surface area (Å²) in [6.07, 6.45) is 0. The smallest absolute Gasteiger partial charge is 0.404 e. The van der Waals surface area contributed by atoms with Crippen molar-refractivity contribution in [3.8, 4) is 0 Å². The van der Waals surface area contributed by atoms with Crippen LogP contribution in [0.1, 0.15) is 31.1 Å². The minimum atomic E-state index is -0.536. The first-order chi connectivity index (χ1) is 9.08. The number of hydrogen-bond acceptors (Lipinski definition) is 4. The van der Waals surface area contributed by atoms with Crippen LogP contribution in [0, 0.1) is 10.1 Å². The third kappa shape index (κ3) is 3.13. The average Bonchev–Trinajstić information content (AvgIpc) is 2.85. The van der Waals surface area contributed by atoms with Crippen molar-refractivity contribution in [3.05, 3.63) is 57.8 Å². The highest BCUT2D eigenvalue weighted by Crippen LogP contribution is 2.24. The molecule has 1 aromatic carbocycles. The SMILES string of the molecule is CC(C)c1ccccc1NCc1ccc([N+](=O)[O-])o1. The highest BCUT2D eigenvalue weighted by Gasteiger charge is 2.12. The molecule has 0 radical (unpaired) electrons. The van der Waals surface area contributed by atoms with E-state index in [4.69, 9.17) is 4.42 Å². The molecule has 100 valence electrons. The summed E-state index contributed by atoms with van der Waals surface area (Å²) >= 11 is 0. The Morgan fingerprint density at radius 1 is 1.26 bits per heavy atom. The molecule has 2 rings (SSSR count). The molecule has 0 atom stereocenters. The summed E-state index contributed by atoms with van der Waals surface area (Å²) in [5, 5.41) is 13.8. The summed E-state index contributed by atoms with van der Waals surface area (Å²) in [6.45, 7) is 4.67. The first-order valence-corrected chi connectivity index (χ1v) is 6.14. The molecule has 0 aliphatic heterocycles. The maximum atomic E-state index is 10.5. The molecule has 0 aliphatic carbocycles. The fourth-order valence-corrected chi connectivity index (χ4v) is 1.90. The molecule has 0 bridgehead atoms. The Hall–Kier alpha value is -2.30. The number of rotatable bonds is 5. The molecule has 5 nitrogen and oxygen atoms in total. The summed E-state index contributed by atoms with van der Waals surface area (Å²) in [7, 11) is 0. The largest absolute Gasteiger partial charge is 0.433 e. The molecule has 0 aliphatic rings. The molecule has 0 fully saturated rings. The molecule has 2 aromatic rings. The van der Waals surface area contributed by atoms with Crippen molar-refractivity contribution in [1.29, 1.82) is 0 Å². The summed E-state index contributed by atoms with van der Waals surface area (Å²) in [5.41, 5.74) is 2.24. The number of para-hydroxylation sites is 1. The molecular formula is C14H16N2O3. The van der Waals surface area contributed by atoms with Gasteiger partial charge in [-0.05, 0) is 23.6 Å². The van der Waals surface area contributed by atoms with Crippen molar-refractivity contribution >= 4 is 11.6 Å². The van der Waals surface area contributed by atoms with Crippen molar-refractivity contribution in [2.24, 2.45) is 0 Å². The lowest BCUT2D eigenvalue weighted by Gasteiger charge is -2.13. The molecule has 0 amide bonds. The maximum absolute atomic E-state index is 10.5. The van der Waals surface area contributed by atoms with E-state index in [2.05, 4.69) is 25.2 Å². The molecule has 1 N–H and O–H groups in total. The van der Waals surface area contributed by atoms with Gasteiger partial charge in [0.2, 0.25) is 0 Å². The van der Waals surface area contributed by atoms with Gasteiger partial charge in [-0.25, -0.2) is 0 Å². The minimum absolute atomic E-state index is 0.228. The average molecular weight is 260 g/mol. The van der Waals surface area contributed by atoms with E-state index in [1.165, 1.54) is 11.6 Å². The number of benzene rings is 1. The van der Waals surface area contributed by atoms with E-state index < -0.39 is 4.92 Å². The standard InChI is InChI=1S/C14H16N2O3/c1-10(2)12-5-3-4-6-13(12)15-9-11-7-8-14(19-11)16(17)18/h3-8,10,15H,9H2,1-2H3. The lowest BCUT2D eigenvalue weighted by Crippen LogP contribution is -2.02. The van der Waals surface area contributed by atoms with Crippen LogP contribution in [0.15, 0.2) is 40.8 Å². The predicted molar refractivity (Wildman–Crippen MR) is 73.2 cm³/mol. The number of nitro groups is 1. The Bertz CT molecular complexity index is 576. The van der Waals surface area contributed by atoms with E-state index in [1.807, 2.05) is 18.2 Å². The van der Waals surface area contributed by atoms with Crippen LogP contribution in [0.25, 0.3) is 0 Å². The van der Waals surface area contributed by atoms with Crippen LogP contribution in [-0.4, -0.2) is 4.92 Å². The third-order valence-electron chi connectivity index (χ3n) is 2.86. The lowest BCUT2D eigenvalue weighted by atomic mass is 10.0. The Morgan fingerprint density at radius 2 is 2.00 bits per heavy atom. The molecule has 5 heteroatoms. The Morgan fingerprint density at radius 3 is 2.63 bits per heavy atom. The topological polar surface area (TPSA) is 68.3 Å². The van der Waals surface area contributed by atoms with Crippen molar-refractivity contribution in [3.63, 3.8) is 0 Å². The van der Waals surface area contributed by atoms with Crippen LogP contribution >= 0.6 is 0 Å². The van der Waals surface area contributed by atoms with Gasteiger partial charge in [-0.3, -0.25) is 10.1 Å². The van der Waals surface area contributed by atoms with Gasteiger partial charge in [-0.1, -0.05) is 32.0 Å². The van der Waals surface area contributed by atoms with Gasteiger partial charge in [0.25, 0.3) is 0 Å². The maximum Gasteiger partial charge on any atom is 0.433 e. The summed E-state index contributed by atoms with van der Waals surface area (Å²) in [5.74, 6) is 0.730. The van der Waals surface area contributed by atoms with Gasteiger partial charge in [0, 0.05) is 5.69 Å². The lowest BCUT2D eigenvalue weighted by molar-refractivity contribution is -0.402. The van der Waals surface area contributed by atoms with Crippen LogP contribution in [0.4, 0.5) is 11.6 Å². The summed E-state index contributed by atoms with van der Waals surface area (Å²) < 4.78 is 5.11. The van der Waals surface area contributed by atoms with Crippen LogP contribution in [-0.2, 0) is 6.54 Å². The van der Waals surface area contributed by atoms with Crippen LogP contribution in [0.3, 0.4) is 0 Å². The second-order valence-corrected chi connectivity index (χ2v) is 4.59. The predicted octanol–water partition coefficient (Wildman–Crippen LogP) is 3.92. The molecule has 1 aromatic heterocycles. The molecule has 19 heavy (non-hydrogen) atoms. The van der Waals surface area contributed by atoms with E-state index in [1.54, 1.807) is 6.07 Å². The fraction of sp³-hybridized carbons (Fsp3) is 0.286. The first-order valence-electron chi connectivity index (χ1n) is 6.14. The van der Waals surface area contributed by atoms with Gasteiger partial charge < -0.3 is 9.73 Å². The zero-order valence-electron chi connectivity index (χ0n) is 10.9. The van der Waals surface area contributed by atoms with E-state index in [0.29, 0.717) is 18.2 Å². The van der Waals surface area contributed by atoms with Crippen LogP contribution in [0.5, 0.6) is 0 Å². The highest BCUT2D eigenvalue weighted by molar-refractivity contribution is 5.52. The Labute approximate surface area is 111 Å². The molecule has 0 saturated carbocycles. The van der Waals surface area contributed by atoms with Gasteiger partial charge >= 0.3 is 5.88 Å². The number of hydrogen-bond donors (Lipinski definition) is 1. The normalized spacial score (nSPS) is 10.7. The fourth-order valence-electron chi connectivity index (χ4n) is 1.90. The monoisotopic (exact) mass is 260 g/mol. The van der Waals surface area contributed by atoms with E-state index >= 15 is 0 Å². The quantitative estimate of drug-likeness (QED) is 0.653. The van der Waals surface area contributed by atoms with Crippen LogP contribution in [0.2, 0.25) is 0 Å². The zero-order chi connectivity index (χ0) is 13.8. The van der Waals surface area contributed by atoms with Crippen molar-refractivity contribution in [2.75, 3.05) is 5.32 Å². The Kier molecular flexibility index (Phi) is 3.85. The second kappa shape index (κ2) is 5.56. The van der Waals surface area contributed by atoms with E-state index in [0.717, 1.165) is 5.69 Å². The summed E-state index contributed by atoms with van der Waals surface area (Å²) in [6, 6.07) is 11.0. The number of nitrogens with one attached hydrogen (secondary N) is 1. The van der Waals surface area contributed by atoms with Crippen LogP contribution < -0.4 is 5.32 Å². The van der Waals surface area contributed by atoms with Gasteiger partial charge in [-0.15, -0.1) is 0 Å². The van der Waals surface area contributed by atoms with Gasteiger partial charge in [0.1, 0.15) is 10.7 Å². The molecule has 1 heterocycles.